The number of hydrogen-bond acceptors (Lipinski definition) is 7. The topological polar surface area (TPSA) is 78.1 Å². The molecular formula is C45H44N2O5. The first-order valence-corrected chi connectivity index (χ1v) is 17.3. The molecule has 6 aromatic rings. The van der Waals surface area contributed by atoms with Gasteiger partial charge in [-0.05, 0) is 126 Å². The van der Waals surface area contributed by atoms with Crippen molar-refractivity contribution in [3.05, 3.63) is 167 Å². The molecule has 2 N–H and O–H groups in total. The van der Waals surface area contributed by atoms with E-state index in [2.05, 4.69) is 10.6 Å². The van der Waals surface area contributed by atoms with Gasteiger partial charge < -0.3 is 29.6 Å². The van der Waals surface area contributed by atoms with Gasteiger partial charge in [0.05, 0.1) is 12.1 Å². The molecule has 0 saturated heterocycles. The van der Waals surface area contributed by atoms with E-state index in [1.807, 2.05) is 161 Å². The molecule has 0 spiro atoms. The molecule has 0 saturated carbocycles. The van der Waals surface area contributed by atoms with E-state index in [1.54, 1.807) is 14.1 Å². The normalized spacial score (nSPS) is 12.1. The first kappa shape index (κ1) is 35.9. The maximum Gasteiger partial charge on any atom is 0.175 e. The van der Waals surface area contributed by atoms with Crippen molar-refractivity contribution in [2.45, 2.75) is 39.8 Å². The molecule has 2 atom stereocenters. The number of benzene rings is 6. The number of hydrogen-bond donors (Lipinski definition) is 2. The lowest BCUT2D eigenvalue weighted by Gasteiger charge is -2.24. The summed E-state index contributed by atoms with van der Waals surface area (Å²) >= 11 is 0. The van der Waals surface area contributed by atoms with Crippen LogP contribution in [0.25, 0.3) is 0 Å². The standard InChI is InChI=1S/C45H44N2O5/c1-29-7-17-35(18-8-29)49-39-25-15-33(27-41(39)51-37-21-11-31(3)12-22-37)43(46-5)45(48)44(47-6)34-16-26-40(50-36-19-9-30(2)10-20-36)42(28-34)52-38-23-13-32(4)14-24-38/h7-28,43-44,46-47H,1-6H3. The molecule has 0 aliphatic heterocycles. The van der Waals surface area contributed by atoms with Gasteiger partial charge in [-0.15, -0.1) is 0 Å². The van der Waals surface area contributed by atoms with E-state index in [0.717, 1.165) is 33.4 Å². The highest BCUT2D eigenvalue weighted by atomic mass is 16.5. The number of nitrogens with one attached hydrogen (secondary N) is 2. The summed E-state index contributed by atoms with van der Waals surface area (Å²) < 4.78 is 25.3. The fourth-order valence-corrected chi connectivity index (χ4v) is 5.78. The summed E-state index contributed by atoms with van der Waals surface area (Å²) in [5, 5.41) is 6.49. The van der Waals surface area contributed by atoms with Gasteiger partial charge in [0.1, 0.15) is 23.0 Å². The van der Waals surface area contributed by atoms with Gasteiger partial charge in [-0.2, -0.15) is 0 Å². The Bertz CT molecular complexity index is 1960. The van der Waals surface area contributed by atoms with Crippen LogP contribution in [0.5, 0.6) is 46.0 Å². The van der Waals surface area contributed by atoms with Crippen LogP contribution in [0.15, 0.2) is 133 Å². The largest absolute Gasteiger partial charge is 0.453 e. The van der Waals surface area contributed by atoms with Crippen LogP contribution in [0.3, 0.4) is 0 Å². The van der Waals surface area contributed by atoms with Gasteiger partial charge in [0, 0.05) is 0 Å². The van der Waals surface area contributed by atoms with E-state index in [1.165, 1.54) is 0 Å². The van der Waals surface area contributed by atoms with E-state index in [9.17, 15) is 4.79 Å². The molecule has 264 valence electrons. The molecule has 0 aliphatic rings. The fraction of sp³-hybridized carbons (Fsp3) is 0.178. The third kappa shape index (κ3) is 8.87. The zero-order chi connectivity index (χ0) is 36.6. The maximum atomic E-state index is 14.5. The van der Waals surface area contributed by atoms with Crippen LogP contribution >= 0.6 is 0 Å². The zero-order valence-corrected chi connectivity index (χ0v) is 30.4. The second-order valence-electron chi connectivity index (χ2n) is 12.9. The maximum absolute atomic E-state index is 14.5. The van der Waals surface area contributed by atoms with E-state index in [0.29, 0.717) is 46.0 Å². The summed E-state index contributed by atoms with van der Waals surface area (Å²) in [5.41, 5.74) is 5.96. The third-order valence-electron chi connectivity index (χ3n) is 8.74. The number of likely N-dealkylation sites (N-methyl/N-ethyl adjacent to an activating group) is 2. The summed E-state index contributed by atoms with van der Waals surface area (Å²) in [7, 11) is 3.55. The molecule has 2 unspecified atom stereocenters. The monoisotopic (exact) mass is 692 g/mol. The van der Waals surface area contributed by atoms with Crippen LogP contribution in [0.2, 0.25) is 0 Å². The second kappa shape index (κ2) is 16.4. The number of aryl methyl sites for hydroxylation is 4. The van der Waals surface area contributed by atoms with Crippen LogP contribution in [-0.2, 0) is 4.79 Å². The lowest BCUT2D eigenvalue weighted by molar-refractivity contribution is -0.123. The van der Waals surface area contributed by atoms with Gasteiger partial charge in [-0.1, -0.05) is 82.9 Å². The number of rotatable bonds is 14. The van der Waals surface area contributed by atoms with Crippen molar-refractivity contribution in [2.75, 3.05) is 14.1 Å². The van der Waals surface area contributed by atoms with Crippen molar-refractivity contribution in [2.24, 2.45) is 0 Å². The SMILES string of the molecule is CNC(C(=O)C(NC)c1ccc(Oc2ccc(C)cc2)c(Oc2ccc(C)cc2)c1)c1ccc(Oc2ccc(C)cc2)c(Oc2ccc(C)cc2)c1. The summed E-state index contributed by atoms with van der Waals surface area (Å²) in [5.74, 6) is 4.63. The average molecular weight is 693 g/mol. The predicted octanol–water partition coefficient (Wildman–Crippen LogP) is 10.9. The number of carbonyl (C=O) groups excluding carboxylic acids is 1. The minimum absolute atomic E-state index is 0.0908. The molecule has 7 heteroatoms. The smallest absolute Gasteiger partial charge is 0.175 e. The van der Waals surface area contributed by atoms with Crippen molar-refractivity contribution in [1.29, 1.82) is 0 Å². The summed E-state index contributed by atoms with van der Waals surface area (Å²) in [4.78, 5) is 14.5. The summed E-state index contributed by atoms with van der Waals surface area (Å²) in [6, 6.07) is 41.1. The van der Waals surface area contributed by atoms with E-state index >= 15 is 0 Å². The fourth-order valence-electron chi connectivity index (χ4n) is 5.78. The van der Waals surface area contributed by atoms with Gasteiger partial charge in [0.2, 0.25) is 0 Å². The Labute approximate surface area is 306 Å². The van der Waals surface area contributed by atoms with Gasteiger partial charge in [0.15, 0.2) is 28.8 Å². The molecule has 0 radical (unpaired) electrons. The van der Waals surface area contributed by atoms with Crippen molar-refractivity contribution in [3.63, 3.8) is 0 Å². The molecule has 52 heavy (non-hydrogen) atoms. The lowest BCUT2D eigenvalue weighted by Crippen LogP contribution is -2.35. The number of Topliss-reactive ketones (excluding diaryl/α,β-unsaturated/α-hetero) is 1. The van der Waals surface area contributed by atoms with E-state index < -0.39 is 12.1 Å². The quantitative estimate of drug-likeness (QED) is 0.118. The Morgan fingerprint density at radius 2 is 0.673 bits per heavy atom. The Kier molecular flexibility index (Phi) is 11.3. The molecule has 0 fully saturated rings. The predicted molar refractivity (Wildman–Crippen MR) is 207 cm³/mol. The Morgan fingerprint density at radius 1 is 0.404 bits per heavy atom. The summed E-state index contributed by atoms with van der Waals surface area (Å²) in [6.07, 6.45) is 0. The Morgan fingerprint density at radius 3 is 0.942 bits per heavy atom. The highest BCUT2D eigenvalue weighted by Crippen LogP contribution is 2.40. The Balaban J connectivity index is 1.32. The molecule has 0 bridgehead atoms. The minimum Gasteiger partial charge on any atom is -0.453 e. The van der Waals surface area contributed by atoms with Crippen LogP contribution < -0.4 is 29.6 Å². The van der Waals surface area contributed by atoms with Crippen molar-refractivity contribution in [1.82, 2.24) is 10.6 Å². The molecule has 6 rings (SSSR count). The second-order valence-corrected chi connectivity index (χ2v) is 12.9. The van der Waals surface area contributed by atoms with Crippen LogP contribution in [-0.4, -0.2) is 19.9 Å². The molecular weight excluding hydrogens is 649 g/mol. The Hall–Kier alpha value is -5.89. The number of carbonyl (C=O) groups is 1. The highest BCUT2D eigenvalue weighted by Gasteiger charge is 2.29. The van der Waals surface area contributed by atoms with Gasteiger partial charge in [-0.25, -0.2) is 0 Å². The third-order valence-corrected chi connectivity index (χ3v) is 8.74. The van der Waals surface area contributed by atoms with Crippen molar-refractivity contribution in [3.8, 4) is 46.0 Å². The lowest BCUT2D eigenvalue weighted by atomic mass is 9.93. The highest BCUT2D eigenvalue weighted by molar-refractivity contribution is 5.91. The first-order valence-electron chi connectivity index (χ1n) is 17.3. The number of ether oxygens (including phenoxy) is 4. The molecule has 0 aromatic heterocycles. The molecule has 0 heterocycles. The first-order chi connectivity index (χ1) is 25.2. The van der Waals surface area contributed by atoms with E-state index in [-0.39, 0.29) is 5.78 Å². The van der Waals surface area contributed by atoms with Crippen LogP contribution in [0.4, 0.5) is 0 Å². The molecule has 6 aromatic carbocycles. The van der Waals surface area contributed by atoms with E-state index in [4.69, 9.17) is 18.9 Å². The molecule has 0 aliphatic carbocycles. The average Bonchev–Trinajstić information content (AvgIpc) is 3.14. The zero-order valence-electron chi connectivity index (χ0n) is 30.4. The van der Waals surface area contributed by atoms with Crippen molar-refractivity contribution >= 4 is 5.78 Å². The van der Waals surface area contributed by atoms with Crippen LogP contribution in [0, 0.1) is 27.7 Å². The molecule has 7 nitrogen and oxygen atoms in total. The van der Waals surface area contributed by atoms with Crippen LogP contribution in [0.1, 0.15) is 45.5 Å². The van der Waals surface area contributed by atoms with Gasteiger partial charge >= 0.3 is 0 Å². The summed E-state index contributed by atoms with van der Waals surface area (Å²) in [6.45, 7) is 8.12. The molecule has 0 amide bonds. The number of ketones is 1. The van der Waals surface area contributed by atoms with Crippen molar-refractivity contribution < 1.29 is 23.7 Å². The van der Waals surface area contributed by atoms with Gasteiger partial charge in [0.25, 0.3) is 0 Å². The minimum atomic E-state index is -0.684. The van der Waals surface area contributed by atoms with Gasteiger partial charge in [-0.3, -0.25) is 4.79 Å².